The molecule has 19 heavy (non-hydrogen) atoms. The number of hydrogen-bond donors (Lipinski definition) is 1. The molecule has 1 aliphatic rings. The van der Waals surface area contributed by atoms with Crippen molar-refractivity contribution < 1.29 is 17.6 Å². The van der Waals surface area contributed by atoms with Crippen LogP contribution in [0.5, 0.6) is 0 Å². The lowest BCUT2D eigenvalue weighted by Crippen LogP contribution is -2.38. The monoisotopic (exact) mass is 284 g/mol. The molecular formula is C12H13FN2O3S. The predicted molar refractivity (Wildman–Crippen MR) is 68.4 cm³/mol. The Balaban J connectivity index is 2.47. The highest BCUT2D eigenvalue weighted by molar-refractivity contribution is 7.89. The number of rotatable bonds is 3. The van der Waals surface area contributed by atoms with Gasteiger partial charge < -0.3 is 5.32 Å². The van der Waals surface area contributed by atoms with Crippen molar-refractivity contribution in [3.63, 3.8) is 0 Å². The quantitative estimate of drug-likeness (QED) is 0.890. The maximum atomic E-state index is 12.2. The molecule has 0 radical (unpaired) electrons. The van der Waals surface area contributed by atoms with Crippen LogP contribution in [-0.2, 0) is 14.8 Å². The topological polar surface area (TPSA) is 66.5 Å². The molecule has 0 unspecified atom stereocenters. The van der Waals surface area contributed by atoms with Crippen molar-refractivity contribution in [2.45, 2.75) is 4.90 Å². The summed E-state index contributed by atoms with van der Waals surface area (Å²) in [6.07, 6.45) is 1.48. The summed E-state index contributed by atoms with van der Waals surface area (Å²) in [5.41, 5.74) is 0.429. The highest BCUT2D eigenvalue weighted by atomic mass is 32.2. The number of amides is 1. The lowest BCUT2D eigenvalue weighted by molar-refractivity contribution is -0.118. The number of fused-ring (bicyclic) bond motifs is 1. The number of hydrogen-bond acceptors (Lipinski definition) is 3. The van der Waals surface area contributed by atoms with Crippen molar-refractivity contribution in [1.29, 1.82) is 0 Å². The third-order valence-electron chi connectivity index (χ3n) is 2.80. The second-order valence-corrected chi connectivity index (χ2v) is 5.92. The summed E-state index contributed by atoms with van der Waals surface area (Å²) < 4.78 is 37.4. The molecule has 1 heterocycles. The average Bonchev–Trinajstić information content (AvgIpc) is 2.40. The molecule has 0 spiro atoms. The fraction of sp³-hybridized carbons (Fsp3) is 0.250. The Morgan fingerprint density at radius 1 is 1.37 bits per heavy atom. The molecule has 0 fully saturated rings. The minimum absolute atomic E-state index is 0.0212. The number of halogens is 1. The van der Waals surface area contributed by atoms with Crippen molar-refractivity contribution in [3.05, 3.63) is 35.5 Å². The molecule has 0 aliphatic carbocycles. The van der Waals surface area contributed by atoms with Gasteiger partial charge in [-0.3, -0.25) is 9.10 Å². The highest BCUT2D eigenvalue weighted by Gasteiger charge is 2.32. The minimum atomic E-state index is -3.73. The fourth-order valence-corrected chi connectivity index (χ4v) is 3.17. The van der Waals surface area contributed by atoms with Gasteiger partial charge in [-0.2, -0.15) is 0 Å². The van der Waals surface area contributed by atoms with Gasteiger partial charge in [0.2, 0.25) is 0 Å². The van der Waals surface area contributed by atoms with Crippen LogP contribution in [0.3, 0.4) is 0 Å². The summed E-state index contributed by atoms with van der Waals surface area (Å²) in [6.45, 7) is -0.849. The van der Waals surface area contributed by atoms with Gasteiger partial charge in [-0.15, -0.1) is 0 Å². The molecule has 1 amide bonds. The number of sulfonamides is 1. The van der Waals surface area contributed by atoms with E-state index in [1.165, 1.54) is 19.2 Å². The van der Waals surface area contributed by atoms with Crippen molar-refractivity contribution >= 4 is 22.0 Å². The number of likely N-dealkylation sites (N-methyl/N-ethyl adjacent to an activating group) is 1. The SMILES string of the molecule is CN1C(C(=O)NCCF)=Cc2ccccc2S1(=O)=O. The molecule has 1 aliphatic heterocycles. The van der Waals surface area contributed by atoms with E-state index in [1.54, 1.807) is 18.2 Å². The summed E-state index contributed by atoms with van der Waals surface area (Å²) in [7, 11) is -2.43. The van der Waals surface area contributed by atoms with Crippen LogP contribution in [0, 0.1) is 0 Å². The van der Waals surface area contributed by atoms with Gasteiger partial charge in [0.1, 0.15) is 12.4 Å². The van der Waals surface area contributed by atoms with Gasteiger partial charge >= 0.3 is 0 Å². The molecule has 0 aromatic heterocycles. The van der Waals surface area contributed by atoms with Crippen molar-refractivity contribution in [3.8, 4) is 0 Å². The molecule has 1 aromatic carbocycles. The number of nitrogens with zero attached hydrogens (tertiary/aromatic N) is 1. The lowest BCUT2D eigenvalue weighted by atomic mass is 10.2. The zero-order chi connectivity index (χ0) is 14.0. The lowest BCUT2D eigenvalue weighted by Gasteiger charge is -2.26. The van der Waals surface area contributed by atoms with Gasteiger partial charge in [0.15, 0.2) is 0 Å². The molecule has 2 rings (SSSR count). The summed E-state index contributed by atoms with van der Waals surface area (Å²) in [5.74, 6) is -0.613. The fourth-order valence-electron chi connectivity index (χ4n) is 1.81. The Labute approximate surface area is 110 Å². The van der Waals surface area contributed by atoms with Gasteiger partial charge in [-0.05, 0) is 17.7 Å². The summed E-state index contributed by atoms with van der Waals surface area (Å²) in [5, 5.41) is 2.31. The van der Waals surface area contributed by atoms with E-state index in [1.807, 2.05) is 0 Å². The van der Waals surface area contributed by atoms with E-state index in [9.17, 15) is 17.6 Å². The van der Waals surface area contributed by atoms with Gasteiger partial charge in [-0.1, -0.05) is 18.2 Å². The van der Waals surface area contributed by atoms with E-state index in [2.05, 4.69) is 5.32 Å². The van der Waals surface area contributed by atoms with Crippen molar-refractivity contribution in [1.82, 2.24) is 9.62 Å². The van der Waals surface area contributed by atoms with Crippen LogP contribution < -0.4 is 5.32 Å². The van der Waals surface area contributed by atoms with Crippen LogP contribution in [0.15, 0.2) is 34.9 Å². The summed E-state index contributed by atoms with van der Waals surface area (Å²) in [6, 6.07) is 6.40. The maximum Gasteiger partial charge on any atom is 0.268 e. The third kappa shape index (κ3) is 2.33. The van der Waals surface area contributed by atoms with E-state index in [0.717, 1.165) is 4.31 Å². The van der Waals surface area contributed by atoms with E-state index >= 15 is 0 Å². The molecule has 1 N–H and O–H groups in total. The standard InChI is InChI=1S/C12H13FN2O3S/c1-15-10(12(16)14-7-6-13)8-9-4-2-3-5-11(9)19(15,17)18/h2-5,8H,6-7H2,1H3,(H,14,16). The Kier molecular flexibility index (Phi) is 3.57. The second-order valence-electron chi connectivity index (χ2n) is 3.98. The van der Waals surface area contributed by atoms with Crippen molar-refractivity contribution in [2.24, 2.45) is 0 Å². The van der Waals surface area contributed by atoms with E-state index in [0.29, 0.717) is 5.56 Å². The van der Waals surface area contributed by atoms with Gasteiger partial charge in [0.25, 0.3) is 15.9 Å². The molecule has 7 heteroatoms. The second kappa shape index (κ2) is 5.00. The first-order chi connectivity index (χ1) is 8.98. The molecule has 5 nitrogen and oxygen atoms in total. The Morgan fingerprint density at radius 3 is 2.74 bits per heavy atom. The molecule has 0 saturated heterocycles. The first-order valence-corrected chi connectivity index (χ1v) is 7.06. The van der Waals surface area contributed by atoms with Gasteiger partial charge in [0, 0.05) is 13.6 Å². The van der Waals surface area contributed by atoms with E-state index in [-0.39, 0.29) is 17.1 Å². The number of benzene rings is 1. The van der Waals surface area contributed by atoms with Crippen LogP contribution in [0.2, 0.25) is 0 Å². The normalized spacial score (nSPS) is 16.5. The van der Waals surface area contributed by atoms with Gasteiger partial charge in [0.05, 0.1) is 4.90 Å². The predicted octanol–water partition coefficient (Wildman–Crippen LogP) is 0.747. The zero-order valence-electron chi connectivity index (χ0n) is 10.3. The molecule has 0 atom stereocenters. The molecule has 102 valence electrons. The van der Waals surface area contributed by atoms with Crippen LogP contribution in [0.1, 0.15) is 5.56 Å². The third-order valence-corrected chi connectivity index (χ3v) is 4.65. The average molecular weight is 284 g/mol. The smallest absolute Gasteiger partial charge is 0.268 e. The van der Waals surface area contributed by atoms with Crippen LogP contribution >= 0.6 is 0 Å². The largest absolute Gasteiger partial charge is 0.348 e. The number of nitrogens with one attached hydrogen (secondary N) is 1. The Hall–Kier alpha value is -1.89. The van der Waals surface area contributed by atoms with Gasteiger partial charge in [-0.25, -0.2) is 12.8 Å². The van der Waals surface area contributed by atoms with Crippen LogP contribution in [-0.4, -0.2) is 38.9 Å². The minimum Gasteiger partial charge on any atom is -0.348 e. The molecule has 0 saturated carbocycles. The number of alkyl halides is 1. The molecule has 1 aromatic rings. The van der Waals surface area contributed by atoms with E-state index in [4.69, 9.17) is 0 Å². The molecule has 0 bridgehead atoms. The Bertz CT molecular complexity index is 640. The maximum absolute atomic E-state index is 12.2. The zero-order valence-corrected chi connectivity index (χ0v) is 11.1. The first-order valence-electron chi connectivity index (χ1n) is 5.62. The number of carbonyl (C=O) groups is 1. The van der Waals surface area contributed by atoms with Crippen molar-refractivity contribution in [2.75, 3.05) is 20.3 Å². The first kappa shape index (κ1) is 13.5. The molecular weight excluding hydrogens is 271 g/mol. The van der Waals surface area contributed by atoms with Crippen LogP contribution in [0.4, 0.5) is 4.39 Å². The van der Waals surface area contributed by atoms with E-state index < -0.39 is 22.6 Å². The van der Waals surface area contributed by atoms with Crippen LogP contribution in [0.25, 0.3) is 6.08 Å². The Morgan fingerprint density at radius 2 is 2.05 bits per heavy atom. The summed E-state index contributed by atoms with van der Waals surface area (Å²) in [4.78, 5) is 12.0. The highest BCUT2D eigenvalue weighted by Crippen LogP contribution is 2.29. The number of carbonyl (C=O) groups excluding carboxylic acids is 1. The summed E-state index contributed by atoms with van der Waals surface area (Å²) >= 11 is 0.